The maximum absolute atomic E-state index is 13.6. The Kier molecular flexibility index (Phi) is 7.55. The van der Waals surface area contributed by atoms with Crippen LogP contribution in [0.2, 0.25) is 0 Å². The highest BCUT2D eigenvalue weighted by Crippen LogP contribution is 2.15. The normalized spacial score (nSPS) is 10.7. The van der Waals surface area contributed by atoms with Crippen molar-refractivity contribution in [2.24, 2.45) is 0 Å². The van der Waals surface area contributed by atoms with E-state index < -0.39 is 0 Å². The second kappa shape index (κ2) is 10.8. The average Bonchev–Trinajstić information content (AvgIpc) is 2.77. The van der Waals surface area contributed by atoms with Gasteiger partial charge in [-0.05, 0) is 48.4 Å². The van der Waals surface area contributed by atoms with Gasteiger partial charge < -0.3 is 15.4 Å². The Morgan fingerprint density at radius 1 is 1.10 bits per heavy atom. The zero-order valence-corrected chi connectivity index (χ0v) is 16.8. The molecule has 1 heterocycles. The highest BCUT2D eigenvalue weighted by Gasteiger charge is 2.03. The van der Waals surface area contributed by atoms with Gasteiger partial charge in [0.25, 0.3) is 0 Å². The molecule has 3 aromatic rings. The monoisotopic (exact) mass is 405 g/mol. The fourth-order valence-corrected chi connectivity index (χ4v) is 2.65. The second-order valence-electron chi connectivity index (χ2n) is 6.62. The van der Waals surface area contributed by atoms with Gasteiger partial charge in [0.05, 0.1) is 18.5 Å². The zero-order chi connectivity index (χ0) is 21.2. The van der Waals surface area contributed by atoms with Crippen LogP contribution < -0.4 is 15.4 Å². The number of nitrogens with one attached hydrogen (secondary N) is 2. The highest BCUT2D eigenvalue weighted by atomic mass is 19.1. The maximum atomic E-state index is 13.6. The first kappa shape index (κ1) is 21.0. The van der Waals surface area contributed by atoms with E-state index in [1.165, 1.54) is 12.1 Å². The molecule has 6 heteroatoms. The Morgan fingerprint density at radius 2 is 1.90 bits per heavy atom. The molecule has 30 heavy (non-hydrogen) atoms. The van der Waals surface area contributed by atoms with Gasteiger partial charge in [-0.2, -0.15) is 0 Å². The summed E-state index contributed by atoms with van der Waals surface area (Å²) in [7, 11) is 0. The fraction of sp³-hybridized carbons (Fsp3) is 0.167. The summed E-state index contributed by atoms with van der Waals surface area (Å²) in [5.41, 5.74) is 2.04. The summed E-state index contributed by atoms with van der Waals surface area (Å²) in [6, 6.07) is 17.6. The molecule has 2 N–H and O–H groups in total. The van der Waals surface area contributed by atoms with E-state index in [4.69, 9.17) is 4.74 Å². The number of carbonyl (C=O) groups excluding carboxylic acids is 1. The fourth-order valence-electron chi connectivity index (χ4n) is 2.65. The highest BCUT2D eigenvalue weighted by molar-refractivity contribution is 6.01. The number of benzene rings is 2. The van der Waals surface area contributed by atoms with Gasteiger partial charge >= 0.3 is 0 Å². The molecule has 154 valence electrons. The molecule has 3 rings (SSSR count). The van der Waals surface area contributed by atoms with E-state index in [0.29, 0.717) is 30.2 Å². The summed E-state index contributed by atoms with van der Waals surface area (Å²) in [5.74, 6) is 0.893. The topological polar surface area (TPSA) is 63.2 Å². The quantitative estimate of drug-likeness (QED) is 0.476. The summed E-state index contributed by atoms with van der Waals surface area (Å²) in [4.78, 5) is 16.4. The largest absolute Gasteiger partial charge is 0.494 e. The molecule has 0 atom stereocenters. The smallest absolute Gasteiger partial charge is 0.248 e. The summed E-state index contributed by atoms with van der Waals surface area (Å²) < 4.78 is 19.2. The maximum Gasteiger partial charge on any atom is 0.248 e. The van der Waals surface area contributed by atoms with Crippen LogP contribution in [0, 0.1) is 5.82 Å². The molecule has 0 radical (unpaired) electrons. The first-order valence-electron chi connectivity index (χ1n) is 9.79. The van der Waals surface area contributed by atoms with Crippen LogP contribution in [0.1, 0.15) is 24.5 Å². The minimum absolute atomic E-state index is 0.254. The molecule has 0 fully saturated rings. The van der Waals surface area contributed by atoms with Gasteiger partial charge in [-0.3, -0.25) is 4.79 Å². The molecule has 0 unspecified atom stereocenters. The van der Waals surface area contributed by atoms with Crippen LogP contribution in [0.25, 0.3) is 6.08 Å². The van der Waals surface area contributed by atoms with Crippen LogP contribution in [-0.4, -0.2) is 17.5 Å². The van der Waals surface area contributed by atoms with Crippen molar-refractivity contribution < 1.29 is 13.9 Å². The number of aromatic nitrogens is 1. The number of halogens is 1. The molecule has 0 aliphatic heterocycles. The average molecular weight is 405 g/mol. The number of anilines is 2. The summed E-state index contributed by atoms with van der Waals surface area (Å²) in [5, 5.41) is 5.82. The van der Waals surface area contributed by atoms with E-state index in [0.717, 1.165) is 17.7 Å². The number of carbonyl (C=O) groups is 1. The van der Waals surface area contributed by atoms with Crippen molar-refractivity contribution in [1.29, 1.82) is 0 Å². The van der Waals surface area contributed by atoms with Crippen LogP contribution >= 0.6 is 0 Å². The molecule has 5 nitrogen and oxygen atoms in total. The SMILES string of the molecule is CCCOc1ccc(/C=C/C(=O)Nc2ccc(NCc3ccccc3F)nc2)cc1. The van der Waals surface area contributed by atoms with Gasteiger partial charge in [0.2, 0.25) is 5.91 Å². The van der Waals surface area contributed by atoms with E-state index in [9.17, 15) is 9.18 Å². The van der Waals surface area contributed by atoms with Crippen molar-refractivity contribution >= 4 is 23.5 Å². The van der Waals surface area contributed by atoms with Crippen molar-refractivity contribution in [3.8, 4) is 5.75 Å². The van der Waals surface area contributed by atoms with Crippen LogP contribution in [0.4, 0.5) is 15.9 Å². The third-order valence-electron chi connectivity index (χ3n) is 4.23. The minimum Gasteiger partial charge on any atom is -0.494 e. The summed E-state index contributed by atoms with van der Waals surface area (Å²) >= 11 is 0. The third-order valence-corrected chi connectivity index (χ3v) is 4.23. The van der Waals surface area contributed by atoms with Crippen molar-refractivity contribution in [3.05, 3.63) is 89.9 Å². The lowest BCUT2D eigenvalue weighted by atomic mass is 10.2. The molecule has 0 saturated heterocycles. The molecule has 1 aromatic heterocycles. The second-order valence-corrected chi connectivity index (χ2v) is 6.62. The van der Waals surface area contributed by atoms with Crippen LogP contribution in [0.15, 0.2) is 72.9 Å². The van der Waals surface area contributed by atoms with E-state index in [1.807, 2.05) is 24.3 Å². The lowest BCUT2D eigenvalue weighted by Crippen LogP contribution is -2.08. The Morgan fingerprint density at radius 3 is 2.60 bits per heavy atom. The Bertz CT molecular complexity index is 986. The molecule has 0 bridgehead atoms. The lowest BCUT2D eigenvalue weighted by molar-refractivity contribution is -0.111. The molecule has 0 aliphatic rings. The van der Waals surface area contributed by atoms with Crippen molar-refractivity contribution in [2.75, 3.05) is 17.2 Å². The summed E-state index contributed by atoms with van der Waals surface area (Å²) in [6.07, 6.45) is 5.71. The number of pyridine rings is 1. The Balaban J connectivity index is 1.49. The van der Waals surface area contributed by atoms with Crippen molar-refractivity contribution in [1.82, 2.24) is 4.98 Å². The molecule has 0 spiro atoms. The number of hydrogen-bond donors (Lipinski definition) is 2. The zero-order valence-electron chi connectivity index (χ0n) is 16.8. The number of ether oxygens (including phenoxy) is 1. The third kappa shape index (κ3) is 6.44. The first-order valence-corrected chi connectivity index (χ1v) is 9.79. The number of rotatable bonds is 9. The molecule has 1 amide bonds. The van der Waals surface area contributed by atoms with Gasteiger partial charge in [0, 0.05) is 18.2 Å². The lowest BCUT2D eigenvalue weighted by Gasteiger charge is -2.08. The van der Waals surface area contributed by atoms with Crippen molar-refractivity contribution in [3.63, 3.8) is 0 Å². The minimum atomic E-state index is -0.260. The van der Waals surface area contributed by atoms with Gasteiger partial charge in [-0.15, -0.1) is 0 Å². The van der Waals surface area contributed by atoms with Gasteiger partial charge in [0.15, 0.2) is 0 Å². The van der Waals surface area contributed by atoms with E-state index in [1.54, 1.807) is 42.6 Å². The van der Waals surface area contributed by atoms with E-state index in [-0.39, 0.29) is 11.7 Å². The van der Waals surface area contributed by atoms with Gasteiger partial charge in [0.1, 0.15) is 17.4 Å². The Labute approximate surface area is 175 Å². The summed E-state index contributed by atoms with van der Waals surface area (Å²) in [6.45, 7) is 3.07. The van der Waals surface area contributed by atoms with Crippen LogP contribution in [0.3, 0.4) is 0 Å². The van der Waals surface area contributed by atoms with Gasteiger partial charge in [-0.1, -0.05) is 37.3 Å². The standard InChI is InChI=1S/C24H24FN3O2/c1-2-15-30-21-11-7-18(8-12-21)9-14-24(29)28-20-10-13-23(27-17-20)26-16-19-5-3-4-6-22(19)25/h3-14,17H,2,15-16H2,1H3,(H,26,27)(H,28,29)/b14-9+. The van der Waals surface area contributed by atoms with Gasteiger partial charge in [-0.25, -0.2) is 9.37 Å². The first-order chi connectivity index (χ1) is 14.6. The molecule has 0 saturated carbocycles. The molecule has 0 aliphatic carbocycles. The Hall–Kier alpha value is -3.67. The number of amides is 1. The number of nitrogens with zero attached hydrogens (tertiary/aromatic N) is 1. The van der Waals surface area contributed by atoms with E-state index >= 15 is 0 Å². The van der Waals surface area contributed by atoms with Crippen LogP contribution in [-0.2, 0) is 11.3 Å². The molecular formula is C24H24FN3O2. The number of hydrogen-bond acceptors (Lipinski definition) is 4. The van der Waals surface area contributed by atoms with E-state index in [2.05, 4.69) is 22.5 Å². The van der Waals surface area contributed by atoms with Crippen molar-refractivity contribution in [2.45, 2.75) is 19.9 Å². The molecular weight excluding hydrogens is 381 g/mol. The predicted molar refractivity (Wildman–Crippen MR) is 118 cm³/mol. The predicted octanol–water partition coefficient (Wildman–Crippen LogP) is 5.27. The van der Waals surface area contributed by atoms with Crippen LogP contribution in [0.5, 0.6) is 5.75 Å². The molecule has 2 aromatic carbocycles.